The second-order valence-corrected chi connectivity index (χ2v) is 6.59. The van der Waals surface area contributed by atoms with Crippen molar-refractivity contribution in [3.63, 3.8) is 0 Å². The fourth-order valence-corrected chi connectivity index (χ4v) is 2.91. The van der Waals surface area contributed by atoms with Crippen molar-refractivity contribution in [2.24, 2.45) is 0 Å². The monoisotopic (exact) mass is 314 g/mol. The summed E-state index contributed by atoms with van der Waals surface area (Å²) < 4.78 is 11.3. The summed E-state index contributed by atoms with van der Waals surface area (Å²) in [4.78, 5) is 11.2. The molecule has 1 aliphatic heterocycles. The lowest BCUT2D eigenvalue weighted by Crippen LogP contribution is -2.38. The number of pyridine rings is 1. The van der Waals surface area contributed by atoms with E-state index in [4.69, 9.17) is 9.26 Å². The van der Waals surface area contributed by atoms with Crippen LogP contribution in [-0.4, -0.2) is 39.2 Å². The van der Waals surface area contributed by atoms with Gasteiger partial charge in [0, 0.05) is 31.3 Å². The third kappa shape index (κ3) is 3.69. The van der Waals surface area contributed by atoms with Crippen molar-refractivity contribution >= 4 is 0 Å². The lowest BCUT2D eigenvalue weighted by atomic mass is 10.1. The van der Waals surface area contributed by atoms with Crippen LogP contribution in [-0.2, 0) is 6.54 Å². The Kier molecular flexibility index (Phi) is 3.99. The normalized spacial score (nSPS) is 19.9. The van der Waals surface area contributed by atoms with Crippen LogP contribution in [0.2, 0.25) is 0 Å². The lowest BCUT2D eigenvalue weighted by Gasteiger charge is -2.30. The first-order valence-corrected chi connectivity index (χ1v) is 8.40. The first kappa shape index (κ1) is 14.6. The molecule has 0 radical (unpaired) electrons. The average molecular weight is 314 g/mol. The van der Waals surface area contributed by atoms with Crippen molar-refractivity contribution in [3.05, 3.63) is 35.6 Å². The minimum atomic E-state index is 0.244. The van der Waals surface area contributed by atoms with Gasteiger partial charge < -0.3 is 9.26 Å². The maximum absolute atomic E-state index is 5.97. The quantitative estimate of drug-likeness (QED) is 0.845. The molecule has 23 heavy (non-hydrogen) atoms. The van der Waals surface area contributed by atoms with Crippen molar-refractivity contribution in [2.75, 3.05) is 13.1 Å². The van der Waals surface area contributed by atoms with Crippen molar-refractivity contribution in [1.29, 1.82) is 0 Å². The molecule has 4 rings (SSSR count). The van der Waals surface area contributed by atoms with E-state index in [-0.39, 0.29) is 6.10 Å². The van der Waals surface area contributed by atoms with Crippen molar-refractivity contribution in [2.45, 2.75) is 51.2 Å². The molecule has 2 fully saturated rings. The SMILES string of the molecule is Cc1ccc(OC2CCN(Cc3noc(C4CC4)n3)CC2)nc1. The summed E-state index contributed by atoms with van der Waals surface area (Å²) in [5.41, 5.74) is 1.15. The summed E-state index contributed by atoms with van der Waals surface area (Å²) in [6.45, 7) is 4.78. The summed E-state index contributed by atoms with van der Waals surface area (Å²) in [6.07, 6.45) is 6.48. The summed E-state index contributed by atoms with van der Waals surface area (Å²) >= 11 is 0. The van der Waals surface area contributed by atoms with Gasteiger partial charge in [-0.05, 0) is 38.2 Å². The molecule has 0 aromatic carbocycles. The number of rotatable bonds is 5. The summed E-state index contributed by atoms with van der Waals surface area (Å²) in [7, 11) is 0. The van der Waals surface area contributed by atoms with Gasteiger partial charge >= 0.3 is 0 Å². The fourth-order valence-electron chi connectivity index (χ4n) is 2.91. The van der Waals surface area contributed by atoms with Gasteiger partial charge in [0.15, 0.2) is 5.82 Å². The lowest BCUT2D eigenvalue weighted by molar-refractivity contribution is 0.0914. The largest absolute Gasteiger partial charge is 0.474 e. The highest BCUT2D eigenvalue weighted by molar-refractivity contribution is 5.16. The molecule has 2 aliphatic rings. The number of nitrogens with zero attached hydrogens (tertiary/aromatic N) is 4. The second kappa shape index (κ2) is 6.28. The van der Waals surface area contributed by atoms with Gasteiger partial charge in [-0.3, -0.25) is 4.90 Å². The molecular weight excluding hydrogens is 292 g/mol. The molecule has 0 unspecified atom stereocenters. The van der Waals surface area contributed by atoms with E-state index in [1.165, 1.54) is 12.8 Å². The smallest absolute Gasteiger partial charge is 0.229 e. The maximum atomic E-state index is 5.97. The van der Waals surface area contributed by atoms with E-state index >= 15 is 0 Å². The zero-order valence-corrected chi connectivity index (χ0v) is 13.4. The molecule has 0 bridgehead atoms. The Morgan fingerprint density at radius 3 is 2.74 bits per heavy atom. The second-order valence-electron chi connectivity index (χ2n) is 6.59. The van der Waals surface area contributed by atoms with Crippen LogP contribution in [0.1, 0.15) is 48.9 Å². The Bertz CT molecular complexity index is 643. The molecule has 1 saturated carbocycles. The molecule has 2 aromatic heterocycles. The van der Waals surface area contributed by atoms with E-state index in [0.717, 1.165) is 55.6 Å². The molecule has 6 nitrogen and oxygen atoms in total. The minimum Gasteiger partial charge on any atom is -0.474 e. The van der Waals surface area contributed by atoms with Crippen LogP contribution in [0.3, 0.4) is 0 Å². The van der Waals surface area contributed by atoms with Gasteiger partial charge in [0.25, 0.3) is 0 Å². The molecule has 1 saturated heterocycles. The summed E-state index contributed by atoms with van der Waals surface area (Å²) in [5.74, 6) is 2.88. The molecular formula is C17H22N4O2. The van der Waals surface area contributed by atoms with E-state index in [2.05, 4.69) is 20.0 Å². The molecule has 122 valence electrons. The van der Waals surface area contributed by atoms with Crippen LogP contribution in [0, 0.1) is 6.92 Å². The van der Waals surface area contributed by atoms with Crippen molar-refractivity contribution in [3.8, 4) is 5.88 Å². The van der Waals surface area contributed by atoms with Gasteiger partial charge in [-0.2, -0.15) is 4.98 Å². The third-order valence-electron chi connectivity index (χ3n) is 4.48. The number of ether oxygens (including phenoxy) is 1. The van der Waals surface area contributed by atoms with Crippen molar-refractivity contribution in [1.82, 2.24) is 20.0 Å². The number of aryl methyl sites for hydroxylation is 1. The van der Waals surface area contributed by atoms with Crippen LogP contribution in [0.15, 0.2) is 22.9 Å². The molecule has 3 heterocycles. The summed E-state index contributed by atoms with van der Waals surface area (Å²) in [6, 6.07) is 3.98. The van der Waals surface area contributed by atoms with E-state index in [0.29, 0.717) is 5.92 Å². The van der Waals surface area contributed by atoms with Gasteiger partial charge in [0.2, 0.25) is 11.8 Å². The molecule has 0 atom stereocenters. The Labute approximate surface area is 135 Å². The van der Waals surface area contributed by atoms with Crippen LogP contribution >= 0.6 is 0 Å². The van der Waals surface area contributed by atoms with Gasteiger partial charge in [-0.15, -0.1) is 0 Å². The van der Waals surface area contributed by atoms with Crippen LogP contribution in [0.5, 0.6) is 5.88 Å². The first-order valence-electron chi connectivity index (χ1n) is 8.40. The van der Waals surface area contributed by atoms with Crippen molar-refractivity contribution < 1.29 is 9.26 Å². The van der Waals surface area contributed by atoms with Gasteiger partial charge in [-0.1, -0.05) is 11.2 Å². The van der Waals surface area contributed by atoms with Gasteiger partial charge in [0.1, 0.15) is 6.10 Å². The molecule has 2 aromatic rings. The van der Waals surface area contributed by atoms with E-state index in [1.54, 1.807) is 0 Å². The van der Waals surface area contributed by atoms with Crippen LogP contribution in [0.4, 0.5) is 0 Å². The van der Waals surface area contributed by atoms with E-state index in [9.17, 15) is 0 Å². The Morgan fingerprint density at radius 1 is 1.22 bits per heavy atom. The minimum absolute atomic E-state index is 0.244. The van der Waals surface area contributed by atoms with Crippen LogP contribution < -0.4 is 4.74 Å². The molecule has 1 aliphatic carbocycles. The number of hydrogen-bond donors (Lipinski definition) is 0. The highest BCUT2D eigenvalue weighted by atomic mass is 16.5. The molecule has 0 spiro atoms. The third-order valence-corrected chi connectivity index (χ3v) is 4.48. The topological polar surface area (TPSA) is 64.3 Å². The molecule has 0 N–H and O–H groups in total. The average Bonchev–Trinajstić information content (AvgIpc) is 3.32. The highest BCUT2D eigenvalue weighted by Gasteiger charge is 2.30. The number of piperidine rings is 1. The molecule has 0 amide bonds. The Morgan fingerprint density at radius 2 is 2.04 bits per heavy atom. The molecule has 6 heteroatoms. The first-order chi connectivity index (χ1) is 11.3. The van der Waals surface area contributed by atoms with Gasteiger partial charge in [-0.25, -0.2) is 4.98 Å². The highest BCUT2D eigenvalue weighted by Crippen LogP contribution is 2.38. The standard InChI is InChI=1S/C17H22N4O2/c1-12-2-5-16(18-10-12)22-14-6-8-21(9-7-14)11-15-19-17(23-20-15)13-3-4-13/h2,5,10,13-14H,3-4,6-9,11H2,1H3. The Hall–Kier alpha value is -1.95. The van der Waals surface area contributed by atoms with Crippen LogP contribution in [0.25, 0.3) is 0 Å². The maximum Gasteiger partial charge on any atom is 0.229 e. The summed E-state index contributed by atoms with van der Waals surface area (Å²) in [5, 5.41) is 4.10. The van der Waals surface area contributed by atoms with E-state index in [1.807, 2.05) is 25.3 Å². The Balaban J connectivity index is 1.26. The number of aromatic nitrogens is 3. The zero-order chi connectivity index (χ0) is 15.6. The fraction of sp³-hybridized carbons (Fsp3) is 0.588. The number of likely N-dealkylation sites (tertiary alicyclic amines) is 1. The predicted molar refractivity (Wildman–Crippen MR) is 84.2 cm³/mol. The van der Waals surface area contributed by atoms with Gasteiger partial charge in [0.05, 0.1) is 6.54 Å². The predicted octanol–water partition coefficient (Wildman–Crippen LogP) is 2.69. The number of hydrogen-bond acceptors (Lipinski definition) is 6. The zero-order valence-electron chi connectivity index (χ0n) is 13.4. The van der Waals surface area contributed by atoms with E-state index < -0.39 is 0 Å².